The Morgan fingerprint density at radius 3 is 2.71 bits per heavy atom. The summed E-state index contributed by atoms with van der Waals surface area (Å²) in [5, 5.41) is 7.20. The van der Waals surface area contributed by atoms with Gasteiger partial charge in [-0.2, -0.15) is 0 Å². The van der Waals surface area contributed by atoms with Crippen molar-refractivity contribution < 1.29 is 14.3 Å². The van der Waals surface area contributed by atoms with Crippen LogP contribution in [0, 0.1) is 5.92 Å². The van der Waals surface area contributed by atoms with Crippen molar-refractivity contribution in [3.05, 3.63) is 34.9 Å². The van der Waals surface area contributed by atoms with E-state index in [2.05, 4.69) is 22.5 Å². The molecule has 4 atom stereocenters. The van der Waals surface area contributed by atoms with Crippen LogP contribution in [0.1, 0.15) is 58.9 Å². The second-order valence-electron chi connectivity index (χ2n) is 9.67. The van der Waals surface area contributed by atoms with Crippen molar-refractivity contribution in [2.45, 2.75) is 83.6 Å². The van der Waals surface area contributed by atoms with Crippen LogP contribution in [-0.4, -0.2) is 53.6 Å². The van der Waals surface area contributed by atoms with Crippen LogP contribution in [0.15, 0.2) is 24.3 Å². The lowest BCUT2D eigenvalue weighted by molar-refractivity contribution is -0.163. The Hall–Kier alpha value is -1.63. The first kappa shape index (κ1) is 24.0. The van der Waals surface area contributed by atoms with Crippen molar-refractivity contribution in [1.82, 2.24) is 15.5 Å². The lowest BCUT2D eigenvalue weighted by Crippen LogP contribution is -2.59. The maximum Gasteiger partial charge on any atom is 0.325 e. The predicted molar refractivity (Wildman–Crippen MR) is 123 cm³/mol. The SMILES string of the molecule is CC[C@H]1CCN(C(C(=O)OC(C)(C)C)[C@@H]2CCCN2)C1C(=O)NCc1cccc(Cl)c1. The number of carbonyl (C=O) groups excluding carboxylic acids is 2. The number of nitrogens with zero attached hydrogens (tertiary/aromatic N) is 1. The number of hydrogen-bond donors (Lipinski definition) is 2. The van der Waals surface area contributed by atoms with Gasteiger partial charge < -0.3 is 15.4 Å². The minimum absolute atomic E-state index is 0.00804. The van der Waals surface area contributed by atoms with Crippen LogP contribution >= 0.6 is 11.6 Å². The summed E-state index contributed by atoms with van der Waals surface area (Å²) in [4.78, 5) is 28.7. The van der Waals surface area contributed by atoms with E-state index in [1.165, 1.54) is 0 Å². The van der Waals surface area contributed by atoms with E-state index in [-0.39, 0.29) is 29.9 Å². The lowest BCUT2D eigenvalue weighted by atomic mass is 9.95. The molecule has 172 valence electrons. The van der Waals surface area contributed by atoms with E-state index in [0.717, 1.165) is 44.3 Å². The van der Waals surface area contributed by atoms with Crippen LogP contribution < -0.4 is 10.6 Å². The van der Waals surface area contributed by atoms with Gasteiger partial charge in [-0.25, -0.2) is 0 Å². The fourth-order valence-electron chi connectivity index (χ4n) is 4.80. The summed E-state index contributed by atoms with van der Waals surface area (Å²) < 4.78 is 5.80. The molecule has 3 rings (SSSR count). The summed E-state index contributed by atoms with van der Waals surface area (Å²) in [6.45, 7) is 9.80. The summed E-state index contributed by atoms with van der Waals surface area (Å²) in [5.74, 6) is -0.0575. The molecule has 31 heavy (non-hydrogen) atoms. The van der Waals surface area contributed by atoms with E-state index in [9.17, 15) is 9.59 Å². The third-order valence-electron chi connectivity index (χ3n) is 6.20. The van der Waals surface area contributed by atoms with Crippen molar-refractivity contribution in [1.29, 1.82) is 0 Å². The third kappa shape index (κ3) is 6.21. The Bertz CT molecular complexity index is 774. The summed E-state index contributed by atoms with van der Waals surface area (Å²) in [7, 11) is 0. The van der Waals surface area contributed by atoms with E-state index in [4.69, 9.17) is 16.3 Å². The van der Waals surface area contributed by atoms with Gasteiger partial charge in [0.1, 0.15) is 11.6 Å². The molecule has 1 aromatic carbocycles. The molecule has 2 heterocycles. The molecule has 0 aliphatic carbocycles. The number of amides is 1. The molecule has 2 saturated heterocycles. The fraction of sp³-hybridized carbons (Fsp3) is 0.667. The molecule has 2 unspecified atom stereocenters. The second-order valence-corrected chi connectivity index (χ2v) is 10.1. The van der Waals surface area contributed by atoms with Gasteiger partial charge >= 0.3 is 5.97 Å². The van der Waals surface area contributed by atoms with Crippen LogP contribution in [-0.2, 0) is 20.9 Å². The van der Waals surface area contributed by atoms with Crippen LogP contribution in [0.25, 0.3) is 0 Å². The number of halogens is 1. The zero-order valence-corrected chi connectivity index (χ0v) is 19.9. The fourth-order valence-corrected chi connectivity index (χ4v) is 5.01. The first-order valence-corrected chi connectivity index (χ1v) is 11.8. The first-order valence-electron chi connectivity index (χ1n) is 11.4. The molecule has 6 nitrogen and oxygen atoms in total. The highest BCUT2D eigenvalue weighted by Crippen LogP contribution is 2.32. The monoisotopic (exact) mass is 449 g/mol. The zero-order valence-electron chi connectivity index (χ0n) is 19.1. The minimum atomic E-state index is -0.567. The van der Waals surface area contributed by atoms with E-state index in [0.29, 0.717) is 11.6 Å². The van der Waals surface area contributed by atoms with Gasteiger partial charge in [-0.1, -0.05) is 37.1 Å². The van der Waals surface area contributed by atoms with Crippen molar-refractivity contribution in [3.63, 3.8) is 0 Å². The van der Waals surface area contributed by atoms with Crippen molar-refractivity contribution in [2.24, 2.45) is 5.92 Å². The molecule has 1 aromatic rings. The lowest BCUT2D eigenvalue weighted by Gasteiger charge is -2.37. The Balaban J connectivity index is 1.79. The quantitative estimate of drug-likeness (QED) is 0.623. The van der Waals surface area contributed by atoms with Crippen LogP contribution in [0.5, 0.6) is 0 Å². The molecule has 0 radical (unpaired) electrons. The van der Waals surface area contributed by atoms with Crippen molar-refractivity contribution >= 4 is 23.5 Å². The molecule has 2 aliphatic rings. The number of rotatable bonds is 7. The minimum Gasteiger partial charge on any atom is -0.459 e. The molecule has 0 bridgehead atoms. The largest absolute Gasteiger partial charge is 0.459 e. The van der Waals surface area contributed by atoms with E-state index in [1.54, 1.807) is 0 Å². The number of hydrogen-bond acceptors (Lipinski definition) is 5. The molecule has 2 fully saturated rings. The number of ether oxygens (including phenoxy) is 1. The topological polar surface area (TPSA) is 70.7 Å². The third-order valence-corrected chi connectivity index (χ3v) is 6.43. The second kappa shape index (κ2) is 10.3. The number of likely N-dealkylation sites (tertiary alicyclic amines) is 1. The Kier molecular flexibility index (Phi) is 8.00. The average Bonchev–Trinajstić information content (AvgIpc) is 3.35. The van der Waals surface area contributed by atoms with E-state index < -0.39 is 11.6 Å². The van der Waals surface area contributed by atoms with E-state index >= 15 is 0 Å². The molecule has 0 spiro atoms. The highest BCUT2D eigenvalue weighted by atomic mass is 35.5. The van der Waals surface area contributed by atoms with Gasteiger partial charge in [-0.15, -0.1) is 0 Å². The predicted octanol–water partition coefficient (Wildman–Crippen LogP) is 3.52. The highest BCUT2D eigenvalue weighted by Gasteiger charge is 2.48. The molecular weight excluding hydrogens is 414 g/mol. The average molecular weight is 450 g/mol. The van der Waals surface area contributed by atoms with Crippen LogP contribution in [0.3, 0.4) is 0 Å². The molecule has 2 N–H and O–H groups in total. The Morgan fingerprint density at radius 1 is 1.32 bits per heavy atom. The van der Waals surface area contributed by atoms with E-state index in [1.807, 2.05) is 45.0 Å². The molecule has 0 saturated carbocycles. The maximum atomic E-state index is 13.4. The Labute approximate surface area is 191 Å². The summed E-state index contributed by atoms with van der Waals surface area (Å²) >= 11 is 6.08. The number of esters is 1. The molecule has 7 heteroatoms. The summed E-state index contributed by atoms with van der Waals surface area (Å²) in [6.07, 6.45) is 3.73. The van der Waals surface area contributed by atoms with Gasteiger partial charge in [-0.3, -0.25) is 14.5 Å². The van der Waals surface area contributed by atoms with Gasteiger partial charge in [0.15, 0.2) is 0 Å². The summed E-state index contributed by atoms with van der Waals surface area (Å²) in [5.41, 5.74) is 0.391. The standard InChI is InChI=1S/C24H36ClN3O3/c1-5-17-11-13-28(20(17)22(29)27-15-16-8-6-9-18(25)14-16)21(19-10-7-12-26-19)23(30)31-24(2,3)4/h6,8-9,14,17,19-21,26H,5,7,10-13,15H2,1-4H3,(H,27,29)/t17-,19-,20?,21?/m0/s1. The molecule has 0 aromatic heterocycles. The highest BCUT2D eigenvalue weighted by molar-refractivity contribution is 6.30. The van der Waals surface area contributed by atoms with Gasteiger partial charge in [-0.05, 0) is 70.2 Å². The van der Waals surface area contributed by atoms with Crippen molar-refractivity contribution in [2.75, 3.05) is 13.1 Å². The molecule has 2 aliphatic heterocycles. The Morgan fingerprint density at radius 2 is 2.10 bits per heavy atom. The smallest absolute Gasteiger partial charge is 0.325 e. The van der Waals surface area contributed by atoms with Gasteiger partial charge in [0.25, 0.3) is 0 Å². The normalized spacial score (nSPS) is 25.4. The zero-order chi connectivity index (χ0) is 22.6. The van der Waals surface area contributed by atoms with Gasteiger partial charge in [0.2, 0.25) is 5.91 Å². The number of carbonyl (C=O) groups is 2. The first-order chi connectivity index (χ1) is 14.7. The van der Waals surface area contributed by atoms with Gasteiger partial charge in [0, 0.05) is 24.2 Å². The number of nitrogens with one attached hydrogen (secondary N) is 2. The van der Waals surface area contributed by atoms with Crippen LogP contribution in [0.4, 0.5) is 0 Å². The molecular formula is C24H36ClN3O3. The van der Waals surface area contributed by atoms with Gasteiger partial charge in [0.05, 0.1) is 6.04 Å². The van der Waals surface area contributed by atoms with Crippen molar-refractivity contribution in [3.8, 4) is 0 Å². The van der Waals surface area contributed by atoms with Crippen LogP contribution in [0.2, 0.25) is 5.02 Å². The summed E-state index contributed by atoms with van der Waals surface area (Å²) in [6, 6.07) is 6.71. The maximum absolute atomic E-state index is 13.4. The number of benzene rings is 1. The molecule has 1 amide bonds.